The van der Waals surface area contributed by atoms with Gasteiger partial charge in [-0.25, -0.2) is 0 Å². The molecule has 2 aliphatic rings. The number of hydrogen-bond acceptors (Lipinski definition) is 2. The maximum absolute atomic E-state index is 11.9. The Morgan fingerprint density at radius 2 is 2.17 bits per heavy atom. The molecule has 1 fully saturated rings. The molecular formula is C17H20Cl2N2O2. The average molecular weight is 355 g/mol. The van der Waals surface area contributed by atoms with Crippen molar-refractivity contribution in [2.45, 2.75) is 31.7 Å². The van der Waals surface area contributed by atoms with E-state index in [1.165, 1.54) is 5.56 Å². The van der Waals surface area contributed by atoms with Crippen molar-refractivity contribution in [2.75, 3.05) is 6.54 Å². The van der Waals surface area contributed by atoms with Gasteiger partial charge < -0.3 is 15.0 Å². The SMILES string of the molecule is Cl.Cn1c2c(c3cc(Cl)ccc31)CCNC2C1(C(=O)O)CCC1. The summed E-state index contributed by atoms with van der Waals surface area (Å²) in [6.07, 6.45) is 3.41. The molecule has 4 nitrogen and oxygen atoms in total. The number of nitrogens with zero attached hydrogens (tertiary/aromatic N) is 1. The van der Waals surface area contributed by atoms with Gasteiger partial charge in [-0.05, 0) is 49.6 Å². The monoisotopic (exact) mass is 354 g/mol. The molecular weight excluding hydrogens is 335 g/mol. The zero-order valence-corrected chi connectivity index (χ0v) is 14.5. The Morgan fingerprint density at radius 3 is 2.78 bits per heavy atom. The van der Waals surface area contributed by atoms with E-state index in [0.29, 0.717) is 0 Å². The zero-order valence-electron chi connectivity index (χ0n) is 12.9. The van der Waals surface area contributed by atoms with E-state index in [2.05, 4.69) is 9.88 Å². The number of hydrogen-bond donors (Lipinski definition) is 2. The average Bonchev–Trinajstić information content (AvgIpc) is 2.71. The summed E-state index contributed by atoms with van der Waals surface area (Å²) in [5.41, 5.74) is 2.87. The van der Waals surface area contributed by atoms with Crippen molar-refractivity contribution in [3.05, 3.63) is 34.5 Å². The first-order valence-corrected chi connectivity index (χ1v) is 8.16. The molecule has 1 aromatic heterocycles. The predicted molar refractivity (Wildman–Crippen MR) is 93.5 cm³/mol. The van der Waals surface area contributed by atoms with E-state index in [4.69, 9.17) is 11.6 Å². The smallest absolute Gasteiger partial charge is 0.311 e. The number of carboxylic acid groups (broad SMARTS) is 1. The molecule has 1 saturated carbocycles. The van der Waals surface area contributed by atoms with Crippen LogP contribution < -0.4 is 5.32 Å². The van der Waals surface area contributed by atoms with Gasteiger partial charge in [-0.1, -0.05) is 18.0 Å². The number of benzene rings is 1. The topological polar surface area (TPSA) is 54.3 Å². The Hall–Kier alpha value is -1.23. The van der Waals surface area contributed by atoms with Gasteiger partial charge >= 0.3 is 5.97 Å². The molecule has 0 radical (unpaired) electrons. The molecule has 0 saturated heterocycles. The lowest BCUT2D eigenvalue weighted by molar-refractivity contribution is -0.158. The van der Waals surface area contributed by atoms with Crippen molar-refractivity contribution in [2.24, 2.45) is 12.5 Å². The van der Waals surface area contributed by atoms with Crippen molar-refractivity contribution >= 4 is 40.9 Å². The van der Waals surface area contributed by atoms with Crippen LogP contribution in [0.4, 0.5) is 0 Å². The highest BCUT2D eigenvalue weighted by Crippen LogP contribution is 2.53. The summed E-state index contributed by atoms with van der Waals surface area (Å²) >= 11 is 6.17. The number of carboxylic acids is 1. The normalized spacial score (nSPS) is 22.1. The highest BCUT2D eigenvalue weighted by Gasteiger charge is 2.53. The molecule has 1 aromatic carbocycles. The van der Waals surface area contributed by atoms with Crippen LogP contribution in [0.25, 0.3) is 10.9 Å². The van der Waals surface area contributed by atoms with E-state index in [-0.39, 0.29) is 18.4 Å². The van der Waals surface area contributed by atoms with Crippen LogP contribution in [-0.4, -0.2) is 22.2 Å². The summed E-state index contributed by atoms with van der Waals surface area (Å²) < 4.78 is 2.15. The van der Waals surface area contributed by atoms with Gasteiger partial charge in [0.2, 0.25) is 0 Å². The summed E-state index contributed by atoms with van der Waals surface area (Å²) in [5.74, 6) is -0.674. The van der Waals surface area contributed by atoms with Gasteiger partial charge in [-0.15, -0.1) is 12.4 Å². The standard InChI is InChI=1S/C17H19ClN2O2.ClH/c1-20-13-4-3-10(18)9-12(13)11-5-8-19-15(14(11)20)17(16(21)22)6-2-7-17;/h3-4,9,15,19H,2,5-8H2,1H3,(H,21,22);1H. The van der Waals surface area contributed by atoms with Crippen LogP contribution in [0.5, 0.6) is 0 Å². The number of aryl methyl sites for hydroxylation is 1. The van der Waals surface area contributed by atoms with E-state index in [1.54, 1.807) is 0 Å². The predicted octanol–water partition coefficient (Wildman–Crippen LogP) is 3.70. The molecule has 1 aliphatic heterocycles. The van der Waals surface area contributed by atoms with Crippen LogP contribution in [0, 0.1) is 5.41 Å². The number of nitrogens with one attached hydrogen (secondary N) is 1. The fraction of sp³-hybridized carbons (Fsp3) is 0.471. The molecule has 1 atom stereocenters. The molecule has 6 heteroatoms. The van der Waals surface area contributed by atoms with E-state index in [9.17, 15) is 9.90 Å². The van der Waals surface area contributed by atoms with Gasteiger partial charge in [0, 0.05) is 28.7 Å². The highest BCUT2D eigenvalue weighted by atomic mass is 35.5. The minimum Gasteiger partial charge on any atom is -0.481 e. The van der Waals surface area contributed by atoms with Crippen molar-refractivity contribution in [1.82, 2.24) is 9.88 Å². The fourth-order valence-corrected chi connectivity index (χ4v) is 4.39. The lowest BCUT2D eigenvalue weighted by Gasteiger charge is -2.46. The van der Waals surface area contributed by atoms with Crippen molar-refractivity contribution in [3.8, 4) is 0 Å². The minimum absolute atomic E-state index is 0. The van der Waals surface area contributed by atoms with Crippen LogP contribution in [0.2, 0.25) is 5.02 Å². The Morgan fingerprint density at radius 1 is 1.43 bits per heavy atom. The molecule has 4 rings (SSSR count). The lowest BCUT2D eigenvalue weighted by atomic mass is 9.62. The highest BCUT2D eigenvalue weighted by molar-refractivity contribution is 6.31. The summed E-state index contributed by atoms with van der Waals surface area (Å²) in [5, 5.41) is 15.2. The van der Waals surface area contributed by atoms with Crippen LogP contribution in [0.3, 0.4) is 0 Å². The van der Waals surface area contributed by atoms with Crippen LogP contribution in [0.1, 0.15) is 36.6 Å². The Bertz CT molecular complexity index is 780. The molecule has 0 spiro atoms. The Balaban J connectivity index is 0.00000156. The first kappa shape index (κ1) is 16.6. The number of carbonyl (C=O) groups is 1. The van der Waals surface area contributed by atoms with E-state index in [0.717, 1.165) is 53.8 Å². The number of fused-ring (bicyclic) bond motifs is 3. The Labute approximate surface area is 146 Å². The molecule has 124 valence electrons. The number of aliphatic carboxylic acids is 1. The van der Waals surface area contributed by atoms with Gasteiger partial charge in [0.25, 0.3) is 0 Å². The van der Waals surface area contributed by atoms with Crippen molar-refractivity contribution < 1.29 is 9.90 Å². The molecule has 0 amide bonds. The molecule has 1 aliphatic carbocycles. The third-order valence-electron chi connectivity index (χ3n) is 5.54. The largest absolute Gasteiger partial charge is 0.481 e. The summed E-state index contributed by atoms with van der Waals surface area (Å²) in [6.45, 7) is 0.818. The van der Waals surface area contributed by atoms with E-state index in [1.807, 2.05) is 25.2 Å². The summed E-state index contributed by atoms with van der Waals surface area (Å²) in [4.78, 5) is 11.9. The van der Waals surface area contributed by atoms with Gasteiger partial charge in [0.1, 0.15) is 0 Å². The number of aromatic nitrogens is 1. The summed E-state index contributed by atoms with van der Waals surface area (Å²) in [6, 6.07) is 5.82. The molecule has 1 unspecified atom stereocenters. The van der Waals surface area contributed by atoms with Gasteiger partial charge in [0.05, 0.1) is 11.5 Å². The summed E-state index contributed by atoms with van der Waals surface area (Å²) in [7, 11) is 2.03. The molecule has 2 N–H and O–H groups in total. The Kier molecular flexibility index (Phi) is 4.11. The first-order chi connectivity index (χ1) is 10.5. The molecule has 23 heavy (non-hydrogen) atoms. The molecule has 0 bridgehead atoms. The fourth-order valence-electron chi connectivity index (χ4n) is 4.22. The van der Waals surface area contributed by atoms with Gasteiger partial charge in [-0.2, -0.15) is 0 Å². The van der Waals surface area contributed by atoms with Crippen LogP contribution in [-0.2, 0) is 18.3 Å². The van der Waals surface area contributed by atoms with E-state index >= 15 is 0 Å². The molecule has 2 aromatic rings. The van der Waals surface area contributed by atoms with Gasteiger partial charge in [-0.3, -0.25) is 4.79 Å². The quantitative estimate of drug-likeness (QED) is 0.864. The van der Waals surface area contributed by atoms with Crippen LogP contribution in [0.15, 0.2) is 18.2 Å². The second-order valence-electron chi connectivity index (χ2n) is 6.54. The first-order valence-electron chi connectivity index (χ1n) is 7.78. The lowest BCUT2D eigenvalue weighted by Crippen LogP contribution is -2.51. The van der Waals surface area contributed by atoms with Crippen LogP contribution >= 0.6 is 24.0 Å². The third-order valence-corrected chi connectivity index (χ3v) is 5.77. The van der Waals surface area contributed by atoms with Crippen molar-refractivity contribution in [1.29, 1.82) is 0 Å². The molecule has 2 heterocycles. The van der Waals surface area contributed by atoms with Crippen molar-refractivity contribution in [3.63, 3.8) is 0 Å². The minimum atomic E-state index is -0.674. The third kappa shape index (κ3) is 2.19. The second-order valence-corrected chi connectivity index (χ2v) is 6.97. The van der Waals surface area contributed by atoms with Gasteiger partial charge in [0.15, 0.2) is 0 Å². The zero-order chi connectivity index (χ0) is 15.5. The second kappa shape index (κ2) is 5.69. The number of halogens is 2. The van der Waals surface area contributed by atoms with E-state index < -0.39 is 11.4 Å². The number of rotatable bonds is 2. The maximum atomic E-state index is 11.9. The maximum Gasteiger partial charge on any atom is 0.311 e.